The normalized spacial score (nSPS) is 14.4. The lowest BCUT2D eigenvalue weighted by atomic mass is 10.1. The van der Waals surface area contributed by atoms with Gasteiger partial charge in [-0.1, -0.05) is 19.9 Å². The van der Waals surface area contributed by atoms with Crippen molar-refractivity contribution >= 4 is 27.6 Å². The molecule has 10 heteroatoms. The molecule has 1 fully saturated rings. The van der Waals surface area contributed by atoms with Gasteiger partial charge in [-0.25, -0.2) is 13.2 Å². The Bertz CT molecular complexity index is 1090. The van der Waals surface area contributed by atoms with E-state index >= 15 is 0 Å². The van der Waals surface area contributed by atoms with Gasteiger partial charge in [-0.15, -0.1) is 0 Å². The molecule has 1 heterocycles. The van der Waals surface area contributed by atoms with Gasteiger partial charge in [-0.2, -0.15) is 4.31 Å². The Labute approximate surface area is 187 Å². The quantitative estimate of drug-likeness (QED) is 0.471. The van der Waals surface area contributed by atoms with E-state index in [9.17, 15) is 18.0 Å². The molecule has 0 spiro atoms. The van der Waals surface area contributed by atoms with Gasteiger partial charge in [0.2, 0.25) is 15.9 Å². The van der Waals surface area contributed by atoms with Gasteiger partial charge < -0.3 is 20.1 Å². The smallest absolute Gasteiger partial charge is 0.345 e. The van der Waals surface area contributed by atoms with Crippen LogP contribution in [0.2, 0.25) is 0 Å². The summed E-state index contributed by atoms with van der Waals surface area (Å²) in [6.45, 7) is 6.23. The number of nitrogens with zero attached hydrogens (tertiary/aromatic N) is 2. The predicted octanol–water partition coefficient (Wildman–Crippen LogP) is 1.87. The molecule has 0 saturated carbocycles. The summed E-state index contributed by atoms with van der Waals surface area (Å²) in [5.74, 6) is -1.25. The minimum absolute atomic E-state index is 0.0102. The number of hydrogen-bond acceptors (Lipinski definition) is 7. The molecule has 0 aromatic heterocycles. The average Bonchev–Trinajstić information content (AvgIpc) is 2.80. The maximum Gasteiger partial charge on any atom is 0.345 e. The number of benzene rings is 2. The van der Waals surface area contributed by atoms with Crippen molar-refractivity contribution in [1.29, 1.82) is 0 Å². The van der Waals surface area contributed by atoms with Crippen LogP contribution in [-0.2, 0) is 14.8 Å². The zero-order chi connectivity index (χ0) is 23.3. The lowest BCUT2D eigenvalue weighted by Gasteiger charge is -2.30. The molecule has 172 valence electrons. The summed E-state index contributed by atoms with van der Waals surface area (Å²) >= 11 is 0. The molecule has 1 amide bonds. The first-order valence-electron chi connectivity index (χ1n) is 10.4. The van der Waals surface area contributed by atoms with E-state index in [1.54, 1.807) is 26.0 Å². The second-order valence-electron chi connectivity index (χ2n) is 7.15. The highest BCUT2D eigenvalue weighted by Gasteiger charge is 2.27. The minimum atomic E-state index is -3.77. The molecule has 0 radical (unpaired) electrons. The standard InChI is InChI=1S/C22H27N3O6S/c1-3-25(4-2)32(28,29)18-8-9-20(24-10-12-30-13-11-24)19(15-18)22(27)31-17-7-5-6-16(14-17)21(23)26/h5-9,14-15H,3-4,10-13H2,1-2H3,(H2,23,26). The van der Waals surface area contributed by atoms with Gasteiger partial charge >= 0.3 is 5.97 Å². The van der Waals surface area contributed by atoms with Crippen LogP contribution in [-0.4, -0.2) is 64.0 Å². The second-order valence-corrected chi connectivity index (χ2v) is 9.09. The number of sulfonamides is 1. The lowest BCUT2D eigenvalue weighted by molar-refractivity contribution is 0.0732. The third-order valence-corrected chi connectivity index (χ3v) is 7.26. The SMILES string of the molecule is CCN(CC)S(=O)(=O)c1ccc(N2CCOCC2)c(C(=O)Oc2cccc(C(N)=O)c2)c1. The molecule has 0 aliphatic carbocycles. The highest BCUT2D eigenvalue weighted by atomic mass is 32.2. The summed E-state index contributed by atoms with van der Waals surface area (Å²) in [4.78, 5) is 26.5. The van der Waals surface area contributed by atoms with Gasteiger partial charge in [0.15, 0.2) is 0 Å². The average molecular weight is 462 g/mol. The zero-order valence-corrected chi connectivity index (χ0v) is 18.9. The van der Waals surface area contributed by atoms with Crippen molar-refractivity contribution in [3.05, 3.63) is 53.6 Å². The van der Waals surface area contributed by atoms with Crippen LogP contribution in [0.1, 0.15) is 34.6 Å². The highest BCUT2D eigenvalue weighted by molar-refractivity contribution is 7.89. The molecule has 3 rings (SSSR count). The topological polar surface area (TPSA) is 119 Å². The van der Waals surface area contributed by atoms with Crippen LogP contribution in [0.4, 0.5) is 5.69 Å². The fourth-order valence-corrected chi connectivity index (χ4v) is 4.99. The van der Waals surface area contributed by atoms with Crippen molar-refractivity contribution in [2.45, 2.75) is 18.7 Å². The molecule has 32 heavy (non-hydrogen) atoms. The number of ether oxygens (including phenoxy) is 2. The molecular formula is C22H27N3O6S. The van der Waals surface area contributed by atoms with Crippen LogP contribution in [0.15, 0.2) is 47.4 Å². The van der Waals surface area contributed by atoms with Crippen molar-refractivity contribution in [3.63, 3.8) is 0 Å². The third kappa shape index (κ3) is 5.09. The van der Waals surface area contributed by atoms with E-state index in [1.165, 1.54) is 34.6 Å². The molecule has 9 nitrogen and oxygen atoms in total. The number of rotatable bonds is 8. The van der Waals surface area contributed by atoms with Crippen LogP contribution in [0.3, 0.4) is 0 Å². The van der Waals surface area contributed by atoms with E-state index in [1.807, 2.05) is 4.90 Å². The van der Waals surface area contributed by atoms with E-state index < -0.39 is 21.9 Å². The number of morpholine rings is 1. The molecule has 2 N–H and O–H groups in total. The molecule has 0 bridgehead atoms. The zero-order valence-electron chi connectivity index (χ0n) is 18.1. The van der Waals surface area contributed by atoms with Crippen LogP contribution in [0.5, 0.6) is 5.75 Å². The minimum Gasteiger partial charge on any atom is -0.423 e. The van der Waals surface area contributed by atoms with Gasteiger partial charge in [0.25, 0.3) is 0 Å². The van der Waals surface area contributed by atoms with Crippen molar-refractivity contribution in [1.82, 2.24) is 4.31 Å². The third-order valence-electron chi connectivity index (χ3n) is 5.21. The summed E-state index contributed by atoms with van der Waals surface area (Å²) < 4.78 is 38.2. The summed E-state index contributed by atoms with van der Waals surface area (Å²) in [6.07, 6.45) is 0. The number of carbonyl (C=O) groups is 2. The van der Waals surface area contributed by atoms with Crippen molar-refractivity contribution in [2.24, 2.45) is 5.73 Å². The number of primary amides is 1. The van der Waals surface area contributed by atoms with E-state index in [-0.39, 0.29) is 21.8 Å². The van der Waals surface area contributed by atoms with Crippen LogP contribution in [0.25, 0.3) is 0 Å². The fourth-order valence-electron chi connectivity index (χ4n) is 3.51. The Morgan fingerprint density at radius 1 is 1.09 bits per heavy atom. The van der Waals surface area contributed by atoms with Gasteiger partial charge in [-0.3, -0.25) is 4.79 Å². The second kappa shape index (κ2) is 10.1. The Morgan fingerprint density at radius 3 is 2.41 bits per heavy atom. The van der Waals surface area contributed by atoms with Crippen molar-refractivity contribution < 1.29 is 27.5 Å². The van der Waals surface area contributed by atoms with Gasteiger partial charge in [0.05, 0.1) is 29.4 Å². The largest absolute Gasteiger partial charge is 0.423 e. The molecular weight excluding hydrogens is 434 g/mol. The van der Waals surface area contributed by atoms with E-state index in [0.717, 1.165) is 0 Å². The van der Waals surface area contributed by atoms with Gasteiger partial charge in [-0.05, 0) is 36.4 Å². The Morgan fingerprint density at radius 2 is 1.78 bits per heavy atom. The van der Waals surface area contributed by atoms with E-state index in [2.05, 4.69) is 0 Å². The molecule has 1 aliphatic heterocycles. The van der Waals surface area contributed by atoms with Crippen LogP contribution in [0, 0.1) is 0 Å². The first-order chi connectivity index (χ1) is 15.3. The molecule has 0 unspecified atom stereocenters. The van der Waals surface area contributed by atoms with Gasteiger partial charge in [0.1, 0.15) is 5.75 Å². The first-order valence-corrected chi connectivity index (χ1v) is 11.8. The number of nitrogens with two attached hydrogens (primary N) is 1. The molecule has 2 aromatic rings. The van der Waals surface area contributed by atoms with E-state index in [0.29, 0.717) is 45.1 Å². The Kier molecular flexibility index (Phi) is 7.49. The number of esters is 1. The summed E-state index contributed by atoms with van der Waals surface area (Å²) in [6, 6.07) is 10.4. The number of anilines is 1. The van der Waals surface area contributed by atoms with Gasteiger partial charge in [0, 0.05) is 31.7 Å². The summed E-state index contributed by atoms with van der Waals surface area (Å²) in [7, 11) is -3.77. The number of carbonyl (C=O) groups excluding carboxylic acids is 2. The summed E-state index contributed by atoms with van der Waals surface area (Å²) in [5, 5.41) is 0. The lowest BCUT2D eigenvalue weighted by Crippen LogP contribution is -2.37. The number of hydrogen-bond donors (Lipinski definition) is 1. The highest BCUT2D eigenvalue weighted by Crippen LogP contribution is 2.28. The van der Waals surface area contributed by atoms with Crippen LogP contribution < -0.4 is 15.4 Å². The molecule has 0 atom stereocenters. The molecule has 2 aromatic carbocycles. The Hall–Kier alpha value is -2.95. The van der Waals surface area contributed by atoms with Crippen LogP contribution >= 0.6 is 0 Å². The van der Waals surface area contributed by atoms with Crippen molar-refractivity contribution in [2.75, 3.05) is 44.3 Å². The number of amides is 1. The molecule has 1 aliphatic rings. The fraction of sp³-hybridized carbons (Fsp3) is 0.364. The maximum absolute atomic E-state index is 13.1. The monoisotopic (exact) mass is 461 g/mol. The first kappa shape index (κ1) is 23.7. The van der Waals surface area contributed by atoms with E-state index in [4.69, 9.17) is 15.2 Å². The maximum atomic E-state index is 13.1. The predicted molar refractivity (Wildman–Crippen MR) is 119 cm³/mol. The molecule has 1 saturated heterocycles. The summed E-state index contributed by atoms with van der Waals surface area (Å²) in [5.41, 5.74) is 6.17. The Balaban J connectivity index is 2.02. The van der Waals surface area contributed by atoms with Crippen molar-refractivity contribution in [3.8, 4) is 5.75 Å².